The van der Waals surface area contributed by atoms with E-state index >= 15 is 0 Å². The van der Waals surface area contributed by atoms with E-state index in [9.17, 15) is 4.79 Å². The third-order valence-electron chi connectivity index (χ3n) is 3.26. The van der Waals surface area contributed by atoms with Crippen molar-refractivity contribution in [2.24, 2.45) is 0 Å². The largest absolute Gasteiger partial charge is 0.353 e. The number of aromatic nitrogens is 1. The molecule has 2 aromatic rings. The number of nitrogens with zero attached hydrogens (tertiary/aromatic N) is 1. The molecule has 0 radical (unpaired) electrons. The SMILES string of the molecule is O=C(CCn1ccc2ccc(Cl)cc21)NC1CC1. The molecule has 0 saturated heterocycles. The highest BCUT2D eigenvalue weighted by Crippen LogP contribution is 2.21. The Labute approximate surface area is 111 Å². The number of carbonyl (C=O) groups is 1. The van der Waals surface area contributed by atoms with Crippen molar-refractivity contribution in [2.75, 3.05) is 0 Å². The molecule has 3 rings (SSSR count). The van der Waals surface area contributed by atoms with Gasteiger partial charge in [-0.25, -0.2) is 0 Å². The van der Waals surface area contributed by atoms with Crippen molar-refractivity contribution in [2.45, 2.75) is 31.8 Å². The van der Waals surface area contributed by atoms with Gasteiger partial charge in [0.15, 0.2) is 0 Å². The summed E-state index contributed by atoms with van der Waals surface area (Å²) < 4.78 is 2.08. The lowest BCUT2D eigenvalue weighted by molar-refractivity contribution is -0.121. The second-order valence-electron chi connectivity index (χ2n) is 4.80. The quantitative estimate of drug-likeness (QED) is 0.903. The molecule has 1 aliphatic rings. The maximum atomic E-state index is 11.6. The zero-order chi connectivity index (χ0) is 12.5. The molecule has 1 N–H and O–H groups in total. The van der Waals surface area contributed by atoms with Crippen molar-refractivity contribution in [3.8, 4) is 0 Å². The van der Waals surface area contributed by atoms with Crippen molar-refractivity contribution in [1.82, 2.24) is 9.88 Å². The van der Waals surface area contributed by atoms with Gasteiger partial charge in [-0.3, -0.25) is 4.79 Å². The summed E-state index contributed by atoms with van der Waals surface area (Å²) in [6.45, 7) is 0.697. The van der Waals surface area contributed by atoms with Crippen LogP contribution < -0.4 is 5.32 Å². The summed E-state index contributed by atoms with van der Waals surface area (Å²) >= 11 is 5.99. The van der Waals surface area contributed by atoms with Gasteiger partial charge in [-0.1, -0.05) is 17.7 Å². The minimum Gasteiger partial charge on any atom is -0.353 e. The highest BCUT2D eigenvalue weighted by Gasteiger charge is 2.22. The third-order valence-corrected chi connectivity index (χ3v) is 3.49. The summed E-state index contributed by atoms with van der Waals surface area (Å²) in [6, 6.07) is 8.31. The molecule has 1 aliphatic carbocycles. The van der Waals surface area contributed by atoms with E-state index in [4.69, 9.17) is 11.6 Å². The highest BCUT2D eigenvalue weighted by atomic mass is 35.5. The average Bonchev–Trinajstić information content (AvgIpc) is 3.06. The Balaban J connectivity index is 1.69. The minimum absolute atomic E-state index is 0.140. The van der Waals surface area contributed by atoms with Gasteiger partial charge in [-0.05, 0) is 36.4 Å². The van der Waals surface area contributed by atoms with Crippen LogP contribution in [0.3, 0.4) is 0 Å². The Morgan fingerprint density at radius 3 is 3.00 bits per heavy atom. The Morgan fingerprint density at radius 2 is 2.22 bits per heavy atom. The monoisotopic (exact) mass is 262 g/mol. The van der Waals surface area contributed by atoms with Gasteiger partial charge in [-0.15, -0.1) is 0 Å². The van der Waals surface area contributed by atoms with Crippen LogP contribution in [0, 0.1) is 0 Å². The summed E-state index contributed by atoms with van der Waals surface area (Å²) in [7, 11) is 0. The fourth-order valence-electron chi connectivity index (χ4n) is 2.10. The Bertz CT molecular complexity index is 586. The van der Waals surface area contributed by atoms with Crippen molar-refractivity contribution in [3.63, 3.8) is 0 Å². The van der Waals surface area contributed by atoms with Gasteiger partial charge in [0.25, 0.3) is 0 Å². The highest BCUT2D eigenvalue weighted by molar-refractivity contribution is 6.31. The third kappa shape index (κ3) is 2.51. The van der Waals surface area contributed by atoms with E-state index in [1.807, 2.05) is 30.5 Å². The van der Waals surface area contributed by atoms with Gasteiger partial charge >= 0.3 is 0 Å². The molecule has 0 spiro atoms. The predicted octanol–water partition coefficient (Wildman–Crippen LogP) is 2.96. The number of amides is 1. The molecule has 1 amide bonds. The number of nitrogens with one attached hydrogen (secondary N) is 1. The van der Waals surface area contributed by atoms with E-state index < -0.39 is 0 Å². The zero-order valence-corrected chi connectivity index (χ0v) is 10.8. The second kappa shape index (κ2) is 4.65. The van der Waals surface area contributed by atoms with Crippen LogP contribution in [0.15, 0.2) is 30.5 Å². The first-order chi connectivity index (χ1) is 8.72. The lowest BCUT2D eigenvalue weighted by Gasteiger charge is -2.06. The lowest BCUT2D eigenvalue weighted by atomic mass is 10.2. The molecule has 0 unspecified atom stereocenters. The van der Waals surface area contributed by atoms with Gasteiger partial charge in [0.05, 0.1) is 0 Å². The smallest absolute Gasteiger partial charge is 0.222 e. The van der Waals surface area contributed by atoms with Gasteiger partial charge in [-0.2, -0.15) is 0 Å². The first-order valence-corrected chi connectivity index (χ1v) is 6.64. The van der Waals surface area contributed by atoms with Gasteiger partial charge in [0.1, 0.15) is 0 Å². The number of benzene rings is 1. The summed E-state index contributed by atoms with van der Waals surface area (Å²) in [5, 5.41) is 4.88. The van der Waals surface area contributed by atoms with Crippen molar-refractivity contribution >= 4 is 28.4 Å². The Kier molecular flexibility index (Phi) is 3.00. The average molecular weight is 263 g/mol. The molecule has 18 heavy (non-hydrogen) atoms. The van der Waals surface area contributed by atoms with Crippen LogP contribution in [0.5, 0.6) is 0 Å². The summed E-state index contributed by atoms with van der Waals surface area (Å²) in [4.78, 5) is 11.6. The molecule has 0 bridgehead atoms. The van der Waals surface area contributed by atoms with E-state index in [2.05, 4.69) is 9.88 Å². The Hall–Kier alpha value is -1.48. The number of hydrogen-bond acceptors (Lipinski definition) is 1. The first-order valence-electron chi connectivity index (χ1n) is 6.26. The van der Waals surface area contributed by atoms with Gasteiger partial charge in [0, 0.05) is 35.7 Å². The number of rotatable bonds is 4. The maximum absolute atomic E-state index is 11.6. The molecule has 1 heterocycles. The predicted molar refractivity (Wildman–Crippen MR) is 72.7 cm³/mol. The van der Waals surface area contributed by atoms with E-state index in [1.54, 1.807) is 0 Å². The van der Waals surface area contributed by atoms with Crippen molar-refractivity contribution in [1.29, 1.82) is 0 Å². The number of halogens is 1. The number of carbonyl (C=O) groups excluding carboxylic acids is 1. The molecule has 0 atom stereocenters. The summed E-state index contributed by atoms with van der Waals surface area (Å²) in [6.07, 6.45) is 4.79. The molecule has 3 nitrogen and oxygen atoms in total. The lowest BCUT2D eigenvalue weighted by Crippen LogP contribution is -2.26. The fraction of sp³-hybridized carbons (Fsp3) is 0.357. The number of aryl methyl sites for hydroxylation is 1. The van der Waals surface area contributed by atoms with Crippen LogP contribution in [0.2, 0.25) is 5.02 Å². The van der Waals surface area contributed by atoms with Crippen LogP contribution in [0.25, 0.3) is 10.9 Å². The molecule has 1 aromatic heterocycles. The topological polar surface area (TPSA) is 34.0 Å². The standard InChI is InChI=1S/C14H15ClN2O/c15-11-2-1-10-5-7-17(13(10)9-11)8-6-14(18)16-12-3-4-12/h1-2,5,7,9,12H,3-4,6,8H2,(H,16,18). The molecular weight excluding hydrogens is 248 g/mol. The van der Waals surface area contributed by atoms with Crippen LogP contribution in [0.1, 0.15) is 19.3 Å². The van der Waals surface area contributed by atoms with Crippen LogP contribution in [0.4, 0.5) is 0 Å². The van der Waals surface area contributed by atoms with Crippen LogP contribution in [-0.2, 0) is 11.3 Å². The zero-order valence-electron chi connectivity index (χ0n) is 10.0. The fourth-order valence-corrected chi connectivity index (χ4v) is 2.27. The molecule has 0 aliphatic heterocycles. The van der Waals surface area contributed by atoms with Crippen molar-refractivity contribution in [3.05, 3.63) is 35.5 Å². The van der Waals surface area contributed by atoms with Crippen LogP contribution in [-0.4, -0.2) is 16.5 Å². The summed E-state index contributed by atoms with van der Waals surface area (Å²) in [5.74, 6) is 0.140. The van der Waals surface area contributed by atoms with E-state index in [0.29, 0.717) is 19.0 Å². The number of fused-ring (bicyclic) bond motifs is 1. The second-order valence-corrected chi connectivity index (χ2v) is 5.24. The molecule has 1 aromatic carbocycles. The Morgan fingerprint density at radius 1 is 1.39 bits per heavy atom. The molecule has 4 heteroatoms. The van der Waals surface area contributed by atoms with Gasteiger partial charge in [0.2, 0.25) is 5.91 Å². The first kappa shape index (κ1) is 11.6. The molecular formula is C14H15ClN2O. The van der Waals surface area contributed by atoms with E-state index in [1.165, 1.54) is 0 Å². The summed E-state index contributed by atoms with van der Waals surface area (Å²) in [5.41, 5.74) is 1.08. The normalized spacial score (nSPS) is 14.9. The van der Waals surface area contributed by atoms with E-state index in [-0.39, 0.29) is 5.91 Å². The molecule has 94 valence electrons. The molecule has 1 fully saturated rings. The maximum Gasteiger partial charge on any atom is 0.222 e. The molecule has 1 saturated carbocycles. The van der Waals surface area contributed by atoms with Gasteiger partial charge < -0.3 is 9.88 Å². The van der Waals surface area contributed by atoms with Crippen molar-refractivity contribution < 1.29 is 4.79 Å². The van der Waals surface area contributed by atoms with E-state index in [0.717, 1.165) is 28.8 Å². The minimum atomic E-state index is 0.140. The van der Waals surface area contributed by atoms with Crippen LogP contribution >= 0.6 is 11.6 Å². The number of hydrogen-bond donors (Lipinski definition) is 1.